The number of carbonyl (C=O) groups is 1. The SMILES string of the molecule is Cc1cc(C)n(-c2ccc(C(F)(F)F)cc2NC(=O)c2ccncc2)n1. The molecule has 0 aliphatic rings. The molecule has 0 aliphatic carbocycles. The topological polar surface area (TPSA) is 59.8 Å². The lowest BCUT2D eigenvalue weighted by Gasteiger charge is -2.15. The lowest BCUT2D eigenvalue weighted by Crippen LogP contribution is -2.16. The van der Waals surface area contributed by atoms with Gasteiger partial charge in [0.05, 0.1) is 22.6 Å². The Morgan fingerprint density at radius 3 is 2.35 bits per heavy atom. The third kappa shape index (κ3) is 3.58. The molecule has 0 radical (unpaired) electrons. The summed E-state index contributed by atoms with van der Waals surface area (Å²) in [6, 6.07) is 7.92. The molecule has 2 heterocycles. The van der Waals surface area contributed by atoms with Crippen LogP contribution in [0.3, 0.4) is 0 Å². The first-order chi connectivity index (χ1) is 12.3. The highest BCUT2D eigenvalue weighted by Gasteiger charge is 2.31. The molecule has 5 nitrogen and oxygen atoms in total. The Kier molecular flexibility index (Phi) is 4.50. The predicted octanol–water partition coefficient (Wildman–Crippen LogP) is 4.16. The molecule has 0 fully saturated rings. The van der Waals surface area contributed by atoms with Gasteiger partial charge in [0.25, 0.3) is 5.91 Å². The van der Waals surface area contributed by atoms with Crippen LogP contribution in [0.25, 0.3) is 5.69 Å². The van der Waals surface area contributed by atoms with Crippen molar-refractivity contribution in [2.45, 2.75) is 20.0 Å². The zero-order valence-corrected chi connectivity index (χ0v) is 14.0. The van der Waals surface area contributed by atoms with Gasteiger partial charge in [-0.3, -0.25) is 9.78 Å². The molecule has 1 amide bonds. The van der Waals surface area contributed by atoms with Crippen LogP contribution in [0.1, 0.15) is 27.3 Å². The molecule has 0 unspecified atom stereocenters. The van der Waals surface area contributed by atoms with Gasteiger partial charge in [-0.2, -0.15) is 18.3 Å². The molecule has 134 valence electrons. The van der Waals surface area contributed by atoms with E-state index in [1.165, 1.54) is 35.3 Å². The highest BCUT2D eigenvalue weighted by atomic mass is 19.4. The lowest BCUT2D eigenvalue weighted by molar-refractivity contribution is -0.137. The minimum absolute atomic E-state index is 0.0211. The second-order valence-electron chi connectivity index (χ2n) is 5.76. The first-order valence-corrected chi connectivity index (χ1v) is 7.72. The number of benzene rings is 1. The molecule has 3 rings (SSSR count). The van der Waals surface area contributed by atoms with E-state index in [1.54, 1.807) is 19.9 Å². The second-order valence-corrected chi connectivity index (χ2v) is 5.76. The highest BCUT2D eigenvalue weighted by Crippen LogP contribution is 2.34. The van der Waals surface area contributed by atoms with Crippen LogP contribution in [0.4, 0.5) is 18.9 Å². The van der Waals surface area contributed by atoms with Crippen LogP contribution in [-0.4, -0.2) is 20.7 Å². The molecule has 0 aliphatic heterocycles. The van der Waals surface area contributed by atoms with E-state index in [2.05, 4.69) is 15.4 Å². The van der Waals surface area contributed by atoms with Crippen LogP contribution in [0, 0.1) is 13.8 Å². The maximum Gasteiger partial charge on any atom is 0.416 e. The third-order valence-electron chi connectivity index (χ3n) is 3.75. The summed E-state index contributed by atoms with van der Waals surface area (Å²) < 4.78 is 40.8. The summed E-state index contributed by atoms with van der Waals surface area (Å²) in [6.07, 6.45) is -1.66. The van der Waals surface area contributed by atoms with Crippen molar-refractivity contribution in [3.05, 3.63) is 71.3 Å². The first-order valence-electron chi connectivity index (χ1n) is 7.72. The third-order valence-corrected chi connectivity index (χ3v) is 3.75. The monoisotopic (exact) mass is 360 g/mol. The predicted molar refractivity (Wildman–Crippen MR) is 90.2 cm³/mol. The van der Waals surface area contributed by atoms with E-state index in [0.29, 0.717) is 11.4 Å². The number of nitrogens with one attached hydrogen (secondary N) is 1. The first kappa shape index (κ1) is 17.7. The second kappa shape index (κ2) is 6.62. The highest BCUT2D eigenvalue weighted by molar-refractivity contribution is 6.05. The molecule has 2 aromatic heterocycles. The molecule has 8 heteroatoms. The summed E-state index contributed by atoms with van der Waals surface area (Å²) >= 11 is 0. The number of aromatic nitrogens is 3. The molecule has 0 spiro atoms. The fraction of sp³-hybridized carbons (Fsp3) is 0.167. The van der Waals surface area contributed by atoms with Gasteiger partial charge in [0, 0.05) is 23.7 Å². The van der Waals surface area contributed by atoms with Gasteiger partial charge in [-0.1, -0.05) is 0 Å². The Labute approximate surface area is 147 Å². The van der Waals surface area contributed by atoms with E-state index < -0.39 is 17.6 Å². The Bertz CT molecular complexity index is 949. The maximum atomic E-state index is 13.1. The zero-order chi connectivity index (χ0) is 18.9. The lowest BCUT2D eigenvalue weighted by atomic mass is 10.1. The zero-order valence-electron chi connectivity index (χ0n) is 14.0. The summed E-state index contributed by atoms with van der Waals surface area (Å²) in [5.41, 5.74) is 1.26. The molecule has 0 bridgehead atoms. The minimum atomic E-state index is -4.52. The normalized spacial score (nSPS) is 11.4. The van der Waals surface area contributed by atoms with E-state index in [4.69, 9.17) is 0 Å². The molecule has 1 N–H and O–H groups in total. The van der Waals surface area contributed by atoms with Crippen molar-refractivity contribution < 1.29 is 18.0 Å². The summed E-state index contributed by atoms with van der Waals surface area (Å²) in [6.45, 7) is 3.56. The van der Waals surface area contributed by atoms with E-state index in [9.17, 15) is 18.0 Å². The van der Waals surface area contributed by atoms with Crippen molar-refractivity contribution in [2.24, 2.45) is 0 Å². The Morgan fingerprint density at radius 2 is 1.77 bits per heavy atom. The van der Waals surface area contributed by atoms with Crippen LogP contribution < -0.4 is 5.32 Å². The van der Waals surface area contributed by atoms with Gasteiger partial charge in [-0.15, -0.1) is 0 Å². The number of carbonyl (C=O) groups excluding carboxylic acids is 1. The van der Waals surface area contributed by atoms with Crippen molar-refractivity contribution in [3.63, 3.8) is 0 Å². The molecule has 0 saturated heterocycles. The molecule has 0 atom stereocenters. The number of hydrogen-bond acceptors (Lipinski definition) is 3. The maximum absolute atomic E-state index is 13.1. The van der Waals surface area contributed by atoms with E-state index in [1.807, 2.05) is 0 Å². The van der Waals surface area contributed by atoms with Gasteiger partial charge in [0.1, 0.15) is 0 Å². The van der Waals surface area contributed by atoms with Crippen LogP contribution >= 0.6 is 0 Å². The van der Waals surface area contributed by atoms with E-state index in [-0.39, 0.29) is 11.3 Å². The fourth-order valence-electron chi connectivity index (χ4n) is 2.57. The number of nitrogens with zero attached hydrogens (tertiary/aromatic N) is 3. The van der Waals surface area contributed by atoms with E-state index in [0.717, 1.165) is 17.8 Å². The quantitative estimate of drug-likeness (QED) is 0.763. The Balaban J connectivity index is 2.07. The van der Waals surface area contributed by atoms with Gasteiger partial charge in [-0.05, 0) is 50.2 Å². The molecular weight excluding hydrogens is 345 g/mol. The average molecular weight is 360 g/mol. The molecule has 26 heavy (non-hydrogen) atoms. The number of amides is 1. The van der Waals surface area contributed by atoms with Gasteiger partial charge < -0.3 is 5.32 Å². The minimum Gasteiger partial charge on any atom is -0.320 e. The van der Waals surface area contributed by atoms with Crippen LogP contribution in [0.2, 0.25) is 0 Å². The Hall–Kier alpha value is -3.16. The molecule has 3 aromatic rings. The summed E-state index contributed by atoms with van der Waals surface area (Å²) in [5.74, 6) is -0.533. The van der Waals surface area contributed by atoms with Gasteiger partial charge >= 0.3 is 6.18 Å². The molecule has 1 aromatic carbocycles. The van der Waals surface area contributed by atoms with Crippen molar-refractivity contribution >= 4 is 11.6 Å². The molecular formula is C18H15F3N4O. The molecule has 0 saturated carbocycles. The van der Waals surface area contributed by atoms with Gasteiger partial charge in [0.2, 0.25) is 0 Å². The largest absolute Gasteiger partial charge is 0.416 e. The number of rotatable bonds is 3. The summed E-state index contributed by atoms with van der Waals surface area (Å²) in [7, 11) is 0. The average Bonchev–Trinajstić information content (AvgIpc) is 2.93. The van der Waals surface area contributed by atoms with Crippen molar-refractivity contribution in [1.29, 1.82) is 0 Å². The number of pyridine rings is 1. The van der Waals surface area contributed by atoms with E-state index >= 15 is 0 Å². The van der Waals surface area contributed by atoms with Crippen molar-refractivity contribution in [2.75, 3.05) is 5.32 Å². The Morgan fingerprint density at radius 1 is 1.08 bits per heavy atom. The number of hydrogen-bond donors (Lipinski definition) is 1. The van der Waals surface area contributed by atoms with Crippen LogP contribution in [0.15, 0.2) is 48.8 Å². The smallest absolute Gasteiger partial charge is 0.320 e. The van der Waals surface area contributed by atoms with Crippen molar-refractivity contribution in [1.82, 2.24) is 14.8 Å². The van der Waals surface area contributed by atoms with Gasteiger partial charge in [-0.25, -0.2) is 4.68 Å². The van der Waals surface area contributed by atoms with Crippen molar-refractivity contribution in [3.8, 4) is 5.69 Å². The number of aryl methyl sites for hydroxylation is 2. The summed E-state index contributed by atoms with van der Waals surface area (Å²) in [4.78, 5) is 16.2. The fourth-order valence-corrected chi connectivity index (χ4v) is 2.57. The number of anilines is 1. The van der Waals surface area contributed by atoms with Crippen LogP contribution in [-0.2, 0) is 6.18 Å². The number of halogens is 3. The standard InChI is InChI=1S/C18H15F3N4O/c1-11-9-12(2)25(24-11)16-4-3-14(18(19,20)21)10-15(16)23-17(26)13-5-7-22-8-6-13/h3-10H,1-2H3,(H,23,26). The number of alkyl halides is 3. The summed E-state index contributed by atoms with van der Waals surface area (Å²) in [5, 5.41) is 6.83. The van der Waals surface area contributed by atoms with Gasteiger partial charge in [0.15, 0.2) is 0 Å². The van der Waals surface area contributed by atoms with Crippen LogP contribution in [0.5, 0.6) is 0 Å².